The van der Waals surface area contributed by atoms with E-state index in [-0.39, 0.29) is 0 Å². The average molecular weight is 807 g/mol. The van der Waals surface area contributed by atoms with Gasteiger partial charge in [0.05, 0.1) is 23.8 Å². The minimum absolute atomic E-state index is 0.856. The average Bonchev–Trinajstić information content (AvgIpc) is 4.00. The van der Waals surface area contributed by atoms with E-state index in [2.05, 4.69) is 155 Å². The van der Waals surface area contributed by atoms with E-state index in [0.717, 1.165) is 71.2 Å². The predicted octanol–water partition coefficient (Wildman–Crippen LogP) is 13.8. The molecule has 318 valence electrons. The van der Waals surface area contributed by atoms with E-state index in [1.54, 1.807) is 0 Å². The number of aromatic nitrogens is 6. The summed E-state index contributed by atoms with van der Waals surface area (Å²) in [6, 6.07) is 34.8. The number of unbranched alkanes of at least 4 members (excludes halogenated alkanes) is 12. The Kier molecular flexibility index (Phi) is 17.8. The molecule has 2 aromatic heterocycles. The molecule has 0 spiro atoms. The van der Waals surface area contributed by atoms with Crippen molar-refractivity contribution in [2.75, 3.05) is 36.0 Å². The van der Waals surface area contributed by atoms with Gasteiger partial charge in [0.25, 0.3) is 0 Å². The van der Waals surface area contributed by atoms with Crippen LogP contribution in [0.25, 0.3) is 45.0 Å². The van der Waals surface area contributed by atoms with E-state index in [1.165, 1.54) is 114 Å². The quantitative estimate of drug-likeness (QED) is 0.0483. The molecule has 0 aliphatic carbocycles. The molecule has 4 aromatic carbocycles. The summed E-state index contributed by atoms with van der Waals surface area (Å²) in [6.07, 6.45) is 24.6. The van der Waals surface area contributed by atoms with Crippen molar-refractivity contribution in [1.29, 1.82) is 0 Å². The molecule has 6 aromatic rings. The molecular formula is C52H70N8. The molecule has 0 N–H and O–H groups in total. The minimum Gasteiger partial charge on any atom is -0.372 e. The number of nitrogens with zero attached hydrogens (tertiary/aromatic N) is 8. The van der Waals surface area contributed by atoms with Gasteiger partial charge in [0, 0.05) is 48.7 Å². The monoisotopic (exact) mass is 807 g/mol. The first kappa shape index (κ1) is 44.3. The molecule has 0 bridgehead atoms. The fourth-order valence-electron chi connectivity index (χ4n) is 8.00. The zero-order chi connectivity index (χ0) is 41.8. The van der Waals surface area contributed by atoms with Crippen molar-refractivity contribution in [2.45, 2.75) is 130 Å². The van der Waals surface area contributed by atoms with Crippen LogP contribution in [0.2, 0.25) is 0 Å². The molecule has 2 heterocycles. The third kappa shape index (κ3) is 12.9. The molecule has 0 aliphatic heterocycles. The lowest BCUT2D eigenvalue weighted by Crippen LogP contribution is -2.25. The Bertz CT molecular complexity index is 1890. The third-order valence-corrected chi connectivity index (χ3v) is 11.8. The second-order valence-electron chi connectivity index (χ2n) is 16.5. The van der Waals surface area contributed by atoms with Crippen molar-refractivity contribution in [2.24, 2.45) is 0 Å². The van der Waals surface area contributed by atoms with E-state index in [9.17, 15) is 0 Å². The first-order valence-electron chi connectivity index (χ1n) is 23.4. The molecule has 0 fully saturated rings. The normalized spacial score (nSPS) is 11.3. The van der Waals surface area contributed by atoms with Crippen LogP contribution in [-0.4, -0.2) is 56.2 Å². The minimum atomic E-state index is 0.856. The summed E-state index contributed by atoms with van der Waals surface area (Å²) in [5, 5.41) is 18.1. The summed E-state index contributed by atoms with van der Waals surface area (Å²) in [5.74, 6) is 0. The van der Waals surface area contributed by atoms with Gasteiger partial charge in [-0.1, -0.05) is 164 Å². The van der Waals surface area contributed by atoms with Gasteiger partial charge in [-0.3, -0.25) is 0 Å². The Morgan fingerprint density at radius 1 is 0.350 bits per heavy atom. The maximum atomic E-state index is 4.54. The molecule has 0 saturated carbocycles. The molecular weight excluding hydrogens is 737 g/mol. The second kappa shape index (κ2) is 24.1. The predicted molar refractivity (Wildman–Crippen MR) is 254 cm³/mol. The standard InChI is InChI=1S/C52H70N8/c1-5-9-13-17-37-57(38-18-14-10-6-2)47-29-33-49(34-30-47)59-41-51(53-55-59)45-25-21-43(22-26-45)44-23-27-46(28-24-44)52-42-60(56-54-52)50-35-31-48(32-36-50)58(39-19-15-11-7-3)40-20-16-12-8-4/h21-36,41-42H,5-20,37-40H2,1-4H3. The highest BCUT2D eigenvalue weighted by Gasteiger charge is 2.12. The summed E-state index contributed by atoms with van der Waals surface area (Å²) in [5.41, 5.74) is 10.7. The Balaban J connectivity index is 1.05. The van der Waals surface area contributed by atoms with Crippen LogP contribution in [0.1, 0.15) is 130 Å². The van der Waals surface area contributed by atoms with E-state index in [0.29, 0.717) is 0 Å². The van der Waals surface area contributed by atoms with Gasteiger partial charge in [-0.15, -0.1) is 10.2 Å². The molecule has 60 heavy (non-hydrogen) atoms. The van der Waals surface area contributed by atoms with Gasteiger partial charge in [-0.25, -0.2) is 9.36 Å². The maximum Gasteiger partial charge on any atom is 0.113 e. The highest BCUT2D eigenvalue weighted by atomic mass is 15.4. The summed E-state index contributed by atoms with van der Waals surface area (Å²) in [6.45, 7) is 13.6. The number of rotatable bonds is 27. The van der Waals surface area contributed by atoms with Gasteiger partial charge in [0.2, 0.25) is 0 Å². The summed E-state index contributed by atoms with van der Waals surface area (Å²) in [7, 11) is 0. The summed E-state index contributed by atoms with van der Waals surface area (Å²) in [4.78, 5) is 5.14. The van der Waals surface area contributed by atoms with Crippen molar-refractivity contribution in [3.05, 3.63) is 109 Å². The van der Waals surface area contributed by atoms with Gasteiger partial charge in [0.1, 0.15) is 11.4 Å². The molecule has 6 rings (SSSR count). The van der Waals surface area contributed by atoms with Crippen LogP contribution >= 0.6 is 0 Å². The lowest BCUT2D eigenvalue weighted by atomic mass is 10.0. The smallest absolute Gasteiger partial charge is 0.113 e. The zero-order valence-corrected chi connectivity index (χ0v) is 37.1. The SMILES string of the molecule is CCCCCCN(CCCCCC)c1ccc(-n2cc(-c3ccc(-c4ccc(-c5cn(-c6ccc(N(CCCCCC)CCCCCC)cc6)nn5)cc4)cc3)nn2)cc1. The van der Waals surface area contributed by atoms with E-state index >= 15 is 0 Å². The Morgan fingerprint density at radius 2 is 0.650 bits per heavy atom. The fraction of sp³-hybridized carbons (Fsp3) is 0.462. The maximum absolute atomic E-state index is 4.54. The van der Waals surface area contributed by atoms with Crippen LogP contribution in [0.5, 0.6) is 0 Å². The van der Waals surface area contributed by atoms with Gasteiger partial charge >= 0.3 is 0 Å². The first-order chi connectivity index (χ1) is 29.6. The zero-order valence-electron chi connectivity index (χ0n) is 37.1. The Labute approximate surface area is 361 Å². The molecule has 0 aliphatic rings. The molecule has 0 amide bonds. The number of anilines is 2. The molecule has 0 atom stereocenters. The van der Waals surface area contributed by atoms with Gasteiger partial charge in [-0.2, -0.15) is 0 Å². The van der Waals surface area contributed by atoms with Crippen molar-refractivity contribution < 1.29 is 0 Å². The molecule has 8 heteroatoms. The Morgan fingerprint density at radius 3 is 0.950 bits per heavy atom. The van der Waals surface area contributed by atoms with Gasteiger partial charge < -0.3 is 9.80 Å². The second-order valence-corrected chi connectivity index (χ2v) is 16.5. The molecule has 8 nitrogen and oxygen atoms in total. The number of hydrogen-bond donors (Lipinski definition) is 0. The van der Waals surface area contributed by atoms with E-state index in [4.69, 9.17) is 0 Å². The number of benzene rings is 4. The topological polar surface area (TPSA) is 67.9 Å². The van der Waals surface area contributed by atoms with Crippen LogP contribution in [0, 0.1) is 0 Å². The van der Waals surface area contributed by atoms with Crippen LogP contribution in [0.15, 0.2) is 109 Å². The van der Waals surface area contributed by atoms with Gasteiger partial charge in [-0.05, 0) is 85.3 Å². The van der Waals surface area contributed by atoms with Crippen LogP contribution in [0.3, 0.4) is 0 Å². The van der Waals surface area contributed by atoms with Crippen LogP contribution in [-0.2, 0) is 0 Å². The van der Waals surface area contributed by atoms with Crippen molar-refractivity contribution in [1.82, 2.24) is 30.0 Å². The molecule has 0 saturated heterocycles. The molecule has 0 unspecified atom stereocenters. The van der Waals surface area contributed by atoms with Crippen molar-refractivity contribution >= 4 is 11.4 Å². The lowest BCUT2D eigenvalue weighted by Gasteiger charge is -2.25. The van der Waals surface area contributed by atoms with Crippen molar-refractivity contribution in [3.63, 3.8) is 0 Å². The number of hydrogen-bond acceptors (Lipinski definition) is 6. The van der Waals surface area contributed by atoms with E-state index in [1.807, 2.05) is 21.8 Å². The fourth-order valence-corrected chi connectivity index (χ4v) is 8.00. The van der Waals surface area contributed by atoms with Crippen LogP contribution < -0.4 is 9.80 Å². The summed E-state index contributed by atoms with van der Waals surface area (Å²) >= 11 is 0. The molecule has 0 radical (unpaired) electrons. The highest BCUT2D eigenvalue weighted by molar-refractivity contribution is 5.71. The third-order valence-electron chi connectivity index (χ3n) is 11.8. The van der Waals surface area contributed by atoms with E-state index < -0.39 is 0 Å². The highest BCUT2D eigenvalue weighted by Crippen LogP contribution is 2.28. The largest absolute Gasteiger partial charge is 0.372 e. The lowest BCUT2D eigenvalue weighted by molar-refractivity contribution is 0.609. The van der Waals surface area contributed by atoms with Crippen LogP contribution in [0.4, 0.5) is 11.4 Å². The van der Waals surface area contributed by atoms with Gasteiger partial charge in [0.15, 0.2) is 0 Å². The first-order valence-corrected chi connectivity index (χ1v) is 23.4. The van der Waals surface area contributed by atoms with Crippen molar-refractivity contribution in [3.8, 4) is 45.0 Å². The summed E-state index contributed by atoms with van der Waals surface area (Å²) < 4.78 is 3.76. The Hall–Kier alpha value is -5.24.